The quantitative estimate of drug-likeness (QED) is 0.832. The number of halogens is 1. The van der Waals surface area contributed by atoms with Crippen LogP contribution in [-0.4, -0.2) is 11.0 Å². The number of para-hydroxylation sites is 1. The largest absolute Gasteiger partial charge is 0.545 e. The van der Waals surface area contributed by atoms with Crippen LogP contribution < -0.4 is 9.84 Å². The Bertz CT molecular complexity index is 557. The molecule has 0 atom stereocenters. The van der Waals surface area contributed by atoms with Crippen LogP contribution in [0.25, 0.3) is 0 Å². The molecule has 1 aromatic carbocycles. The van der Waals surface area contributed by atoms with E-state index >= 15 is 0 Å². The molecule has 0 radical (unpaired) electrons. The number of aromatic carboxylic acids is 1. The Morgan fingerprint density at radius 1 is 1.24 bits per heavy atom. The lowest BCUT2D eigenvalue weighted by atomic mass is 10.3. The number of carboxylic acids is 1. The van der Waals surface area contributed by atoms with Crippen LogP contribution in [0.4, 0.5) is 0 Å². The number of nitrogens with zero attached hydrogens (tertiary/aromatic N) is 1. The van der Waals surface area contributed by atoms with Gasteiger partial charge in [0.2, 0.25) is 5.88 Å². The van der Waals surface area contributed by atoms with Crippen molar-refractivity contribution < 1.29 is 14.6 Å². The molecule has 86 valence electrons. The molecule has 1 aromatic heterocycles. The zero-order valence-electron chi connectivity index (χ0n) is 8.59. The van der Waals surface area contributed by atoms with Crippen molar-refractivity contribution in [2.24, 2.45) is 0 Å². The van der Waals surface area contributed by atoms with Crippen molar-refractivity contribution in [2.45, 2.75) is 0 Å². The molecule has 0 saturated carbocycles. The van der Waals surface area contributed by atoms with Crippen molar-refractivity contribution in [3.05, 3.63) is 53.2 Å². The predicted octanol–water partition coefficient (Wildman–Crippen LogP) is 1.89. The van der Waals surface area contributed by atoms with Gasteiger partial charge in [0.25, 0.3) is 0 Å². The molecule has 0 N–H and O–H groups in total. The lowest BCUT2D eigenvalue weighted by molar-refractivity contribution is -0.255. The monoisotopic (exact) mass is 248 g/mol. The first-order valence-corrected chi connectivity index (χ1v) is 5.15. The number of benzene rings is 1. The number of carbonyl (C=O) groups excluding carboxylic acids is 1. The van der Waals surface area contributed by atoms with Gasteiger partial charge in [-0.15, -0.1) is 0 Å². The van der Waals surface area contributed by atoms with Crippen LogP contribution in [0, 0.1) is 0 Å². The van der Waals surface area contributed by atoms with Crippen LogP contribution in [0.15, 0.2) is 42.6 Å². The van der Waals surface area contributed by atoms with Crippen LogP contribution in [0.1, 0.15) is 10.4 Å². The second-order valence-corrected chi connectivity index (χ2v) is 3.58. The minimum Gasteiger partial charge on any atom is -0.545 e. The average Bonchev–Trinajstić information content (AvgIpc) is 2.32. The second-order valence-electron chi connectivity index (χ2n) is 3.18. The highest BCUT2D eigenvalue weighted by molar-refractivity contribution is 6.32. The highest BCUT2D eigenvalue weighted by atomic mass is 35.5. The Labute approximate surface area is 102 Å². The molecule has 2 aromatic rings. The van der Waals surface area contributed by atoms with E-state index in [9.17, 15) is 9.90 Å². The van der Waals surface area contributed by atoms with Crippen LogP contribution in [0.5, 0.6) is 11.6 Å². The number of hydrogen-bond acceptors (Lipinski definition) is 4. The van der Waals surface area contributed by atoms with Crippen molar-refractivity contribution >= 4 is 17.6 Å². The fourth-order valence-corrected chi connectivity index (χ4v) is 1.43. The van der Waals surface area contributed by atoms with Crippen LogP contribution in [0.2, 0.25) is 5.02 Å². The number of aromatic nitrogens is 1. The molecule has 0 aliphatic heterocycles. The predicted molar refractivity (Wildman–Crippen MR) is 60.1 cm³/mol. The summed E-state index contributed by atoms with van der Waals surface area (Å²) in [6.45, 7) is 0. The lowest BCUT2D eigenvalue weighted by Crippen LogP contribution is -2.23. The van der Waals surface area contributed by atoms with Gasteiger partial charge in [-0.25, -0.2) is 4.98 Å². The summed E-state index contributed by atoms with van der Waals surface area (Å²) in [4.78, 5) is 14.7. The van der Waals surface area contributed by atoms with Gasteiger partial charge in [0.05, 0.1) is 16.6 Å². The minimum atomic E-state index is -1.35. The molecule has 0 aliphatic carbocycles. The first-order valence-electron chi connectivity index (χ1n) is 4.77. The number of rotatable bonds is 3. The van der Waals surface area contributed by atoms with Gasteiger partial charge in [-0.2, -0.15) is 0 Å². The van der Waals surface area contributed by atoms with Crippen molar-refractivity contribution in [3.63, 3.8) is 0 Å². The molecule has 0 saturated heterocycles. The van der Waals surface area contributed by atoms with Gasteiger partial charge in [-0.1, -0.05) is 23.7 Å². The van der Waals surface area contributed by atoms with E-state index in [2.05, 4.69) is 4.98 Å². The summed E-state index contributed by atoms with van der Waals surface area (Å²) in [5.74, 6) is -1.05. The topological polar surface area (TPSA) is 62.2 Å². The maximum atomic E-state index is 10.8. The molecule has 1 heterocycles. The van der Waals surface area contributed by atoms with E-state index in [1.807, 2.05) is 0 Å². The normalized spacial score (nSPS) is 9.94. The van der Waals surface area contributed by atoms with Gasteiger partial charge in [0.1, 0.15) is 5.75 Å². The highest BCUT2D eigenvalue weighted by Gasteiger charge is 2.08. The van der Waals surface area contributed by atoms with E-state index in [0.29, 0.717) is 10.8 Å². The molecule has 2 rings (SSSR count). The average molecular weight is 249 g/mol. The number of ether oxygens (including phenoxy) is 1. The smallest absolute Gasteiger partial charge is 0.228 e. The van der Waals surface area contributed by atoms with Gasteiger partial charge in [0, 0.05) is 6.20 Å². The van der Waals surface area contributed by atoms with Crippen LogP contribution >= 0.6 is 11.6 Å². The zero-order valence-corrected chi connectivity index (χ0v) is 9.35. The first-order chi connectivity index (χ1) is 8.18. The summed E-state index contributed by atoms with van der Waals surface area (Å²) in [5, 5.41) is 11.2. The van der Waals surface area contributed by atoms with Gasteiger partial charge >= 0.3 is 0 Å². The van der Waals surface area contributed by atoms with Gasteiger partial charge in [0.15, 0.2) is 0 Å². The number of carbonyl (C=O) groups is 1. The van der Waals surface area contributed by atoms with Crippen molar-refractivity contribution in [1.29, 1.82) is 0 Å². The molecule has 0 amide bonds. The van der Waals surface area contributed by atoms with E-state index in [0.717, 1.165) is 0 Å². The third kappa shape index (κ3) is 2.54. The fourth-order valence-electron chi connectivity index (χ4n) is 1.26. The SMILES string of the molecule is O=C([O-])c1cccnc1Oc1ccccc1Cl. The fraction of sp³-hybridized carbons (Fsp3) is 0. The molecule has 4 nitrogen and oxygen atoms in total. The van der Waals surface area contributed by atoms with Crippen LogP contribution in [-0.2, 0) is 0 Å². The zero-order chi connectivity index (χ0) is 12.3. The number of hydrogen-bond donors (Lipinski definition) is 0. The van der Waals surface area contributed by atoms with Crippen molar-refractivity contribution in [2.75, 3.05) is 0 Å². The summed E-state index contributed by atoms with van der Waals surface area (Å²) in [5.41, 5.74) is -0.118. The standard InChI is InChI=1S/C12H8ClNO3/c13-9-5-1-2-6-10(9)17-11-8(12(15)16)4-3-7-14-11/h1-7H,(H,15,16)/p-1. The summed E-state index contributed by atoms with van der Waals surface area (Å²) in [7, 11) is 0. The highest BCUT2D eigenvalue weighted by Crippen LogP contribution is 2.29. The van der Waals surface area contributed by atoms with Crippen molar-refractivity contribution in [1.82, 2.24) is 4.98 Å². The maximum Gasteiger partial charge on any atom is 0.228 e. The molecule has 5 heteroatoms. The van der Waals surface area contributed by atoms with Gasteiger partial charge < -0.3 is 14.6 Å². The Balaban J connectivity index is 2.37. The lowest BCUT2D eigenvalue weighted by Gasteiger charge is -2.10. The Kier molecular flexibility index (Phi) is 3.25. The van der Waals surface area contributed by atoms with E-state index in [1.165, 1.54) is 18.3 Å². The second kappa shape index (κ2) is 4.84. The molecular weight excluding hydrogens is 242 g/mol. The van der Waals surface area contributed by atoms with Gasteiger partial charge in [-0.3, -0.25) is 0 Å². The molecular formula is C12H7ClNO3-. The minimum absolute atomic E-state index is 0.0411. The van der Waals surface area contributed by atoms with E-state index in [1.54, 1.807) is 24.3 Å². The number of carboxylic acid groups (broad SMARTS) is 1. The Morgan fingerprint density at radius 2 is 2.00 bits per heavy atom. The van der Waals surface area contributed by atoms with E-state index in [4.69, 9.17) is 16.3 Å². The summed E-state index contributed by atoms with van der Waals surface area (Å²) < 4.78 is 5.34. The maximum absolute atomic E-state index is 10.8. The third-order valence-corrected chi connectivity index (χ3v) is 2.35. The molecule has 0 aliphatic rings. The van der Waals surface area contributed by atoms with Gasteiger partial charge in [-0.05, 0) is 24.3 Å². The Hall–Kier alpha value is -2.07. The molecule has 0 fully saturated rings. The van der Waals surface area contributed by atoms with Crippen LogP contribution in [0.3, 0.4) is 0 Å². The summed E-state index contributed by atoms with van der Waals surface area (Å²) >= 11 is 5.89. The Morgan fingerprint density at radius 3 is 2.71 bits per heavy atom. The summed E-state index contributed by atoms with van der Waals surface area (Å²) in [6, 6.07) is 9.57. The molecule has 17 heavy (non-hydrogen) atoms. The molecule has 0 unspecified atom stereocenters. The molecule has 0 bridgehead atoms. The van der Waals surface area contributed by atoms with Crippen molar-refractivity contribution in [3.8, 4) is 11.6 Å². The van der Waals surface area contributed by atoms with E-state index in [-0.39, 0.29) is 11.4 Å². The third-order valence-electron chi connectivity index (χ3n) is 2.03. The van der Waals surface area contributed by atoms with E-state index < -0.39 is 5.97 Å². The first kappa shape index (κ1) is 11.4. The summed E-state index contributed by atoms with van der Waals surface area (Å²) in [6.07, 6.45) is 1.43. The molecule has 0 spiro atoms. The number of pyridine rings is 1.